The van der Waals surface area contributed by atoms with E-state index in [1.807, 2.05) is 13.1 Å². The molecule has 3 unspecified atom stereocenters. The number of piperidine rings is 1. The molecule has 5 rings (SSSR count). The van der Waals surface area contributed by atoms with Gasteiger partial charge in [0.25, 0.3) is 0 Å². The first-order valence-electron chi connectivity index (χ1n) is 15.5. The number of carbonyl (C=O) groups is 1. The van der Waals surface area contributed by atoms with Gasteiger partial charge in [0.15, 0.2) is 0 Å². The van der Waals surface area contributed by atoms with E-state index < -0.39 is 6.23 Å². The predicted molar refractivity (Wildman–Crippen MR) is 162 cm³/mol. The molecule has 2 N–H and O–H groups in total. The highest BCUT2D eigenvalue weighted by molar-refractivity contribution is 5.95. The Kier molecular flexibility index (Phi) is 9.25. The van der Waals surface area contributed by atoms with Crippen molar-refractivity contribution < 1.29 is 9.90 Å². The van der Waals surface area contributed by atoms with Gasteiger partial charge in [0.2, 0.25) is 5.91 Å². The zero-order valence-electron chi connectivity index (χ0n) is 25.2. The van der Waals surface area contributed by atoms with E-state index >= 15 is 0 Å². The zero-order valence-corrected chi connectivity index (χ0v) is 25.2. The number of rotatable bonds is 9. The van der Waals surface area contributed by atoms with Crippen molar-refractivity contribution in [3.05, 3.63) is 57.9 Å². The summed E-state index contributed by atoms with van der Waals surface area (Å²) in [5.41, 5.74) is 7.89. The molecule has 3 aliphatic rings. The third-order valence-corrected chi connectivity index (χ3v) is 9.88. The Morgan fingerprint density at radius 2 is 1.77 bits per heavy atom. The van der Waals surface area contributed by atoms with Gasteiger partial charge in [-0.1, -0.05) is 13.0 Å². The van der Waals surface area contributed by atoms with Crippen LogP contribution in [0.2, 0.25) is 0 Å². The number of aliphatic hydroxyl groups is 1. The summed E-state index contributed by atoms with van der Waals surface area (Å²) in [5.74, 6) is 1.58. The highest BCUT2D eigenvalue weighted by Crippen LogP contribution is 2.37. The Morgan fingerprint density at radius 1 is 1.07 bits per heavy atom. The van der Waals surface area contributed by atoms with E-state index in [4.69, 9.17) is 0 Å². The first-order chi connectivity index (χ1) is 19.3. The van der Waals surface area contributed by atoms with Gasteiger partial charge in [-0.25, -0.2) is 0 Å². The van der Waals surface area contributed by atoms with Crippen molar-refractivity contribution in [2.24, 2.45) is 17.8 Å². The van der Waals surface area contributed by atoms with Gasteiger partial charge in [0.05, 0.1) is 0 Å². The van der Waals surface area contributed by atoms with Crippen molar-refractivity contribution in [1.29, 1.82) is 0 Å². The van der Waals surface area contributed by atoms with E-state index in [1.165, 1.54) is 22.3 Å². The molecule has 7 heteroatoms. The van der Waals surface area contributed by atoms with Gasteiger partial charge < -0.3 is 20.2 Å². The maximum Gasteiger partial charge on any atom is 0.230 e. The van der Waals surface area contributed by atoms with E-state index in [2.05, 4.69) is 70.9 Å². The van der Waals surface area contributed by atoms with Crippen LogP contribution in [0.25, 0.3) is 0 Å². The second kappa shape index (κ2) is 12.7. The van der Waals surface area contributed by atoms with E-state index in [0.29, 0.717) is 17.7 Å². The van der Waals surface area contributed by atoms with Crippen molar-refractivity contribution in [1.82, 2.24) is 20.1 Å². The Morgan fingerprint density at radius 3 is 2.42 bits per heavy atom. The van der Waals surface area contributed by atoms with Crippen LogP contribution in [0.5, 0.6) is 0 Å². The number of nitrogens with one attached hydrogen (secondary N) is 1. The van der Waals surface area contributed by atoms with E-state index in [-0.39, 0.29) is 5.92 Å². The van der Waals surface area contributed by atoms with Gasteiger partial charge in [-0.05, 0) is 119 Å². The standard InChI is InChI=1S/C33H49N5O2/c1-6-26-17-35-25(5)31(24(26)4)33(40)37-20-28-18-36(19-29(28)21-37)14-7-15-38(30-9-8-22(2)23(3)16-30)32(39)27-10-12-34-13-11-27/h8-9,16-17,27-29,33-34,40H,6-7,10-15,18-21H2,1-5H3. The number of anilines is 1. The molecule has 3 atom stereocenters. The van der Waals surface area contributed by atoms with Gasteiger partial charge in [-0.3, -0.25) is 14.7 Å². The third-order valence-electron chi connectivity index (χ3n) is 9.88. The zero-order chi connectivity index (χ0) is 28.4. The molecule has 1 amide bonds. The number of carbonyl (C=O) groups excluding carboxylic acids is 1. The molecular formula is C33H49N5O2. The molecule has 40 heavy (non-hydrogen) atoms. The van der Waals surface area contributed by atoms with Crippen LogP contribution in [0.4, 0.5) is 5.69 Å². The number of pyridine rings is 1. The third kappa shape index (κ3) is 6.13. The summed E-state index contributed by atoms with van der Waals surface area (Å²) in [5, 5.41) is 14.8. The fourth-order valence-corrected chi connectivity index (χ4v) is 7.22. The summed E-state index contributed by atoms with van der Waals surface area (Å²) >= 11 is 0. The van der Waals surface area contributed by atoms with Gasteiger partial charge in [0, 0.05) is 61.8 Å². The normalized spacial score (nSPS) is 22.9. The van der Waals surface area contributed by atoms with Gasteiger partial charge >= 0.3 is 0 Å². The SMILES string of the molecule is CCc1cnc(C)c(C(O)N2CC3CN(CCCN(C(=O)C4CCNCC4)c4ccc(C)c(C)c4)CC3C2)c1C. The second-order valence-electron chi connectivity index (χ2n) is 12.5. The minimum absolute atomic E-state index is 0.118. The molecule has 0 aliphatic carbocycles. The van der Waals surface area contributed by atoms with E-state index in [0.717, 1.165) is 95.0 Å². The predicted octanol–water partition coefficient (Wildman–Crippen LogP) is 4.16. The van der Waals surface area contributed by atoms with Crippen LogP contribution < -0.4 is 10.2 Å². The van der Waals surface area contributed by atoms with Crippen LogP contribution in [0.3, 0.4) is 0 Å². The average molecular weight is 548 g/mol. The van der Waals surface area contributed by atoms with Gasteiger partial charge in [-0.2, -0.15) is 0 Å². The molecule has 4 heterocycles. The molecule has 0 radical (unpaired) electrons. The van der Waals surface area contributed by atoms with E-state index in [1.54, 1.807) is 0 Å². The Balaban J connectivity index is 1.17. The van der Waals surface area contributed by atoms with Crippen molar-refractivity contribution in [2.75, 3.05) is 57.3 Å². The van der Waals surface area contributed by atoms with Crippen LogP contribution in [-0.2, 0) is 11.2 Å². The van der Waals surface area contributed by atoms with E-state index in [9.17, 15) is 9.90 Å². The summed E-state index contributed by atoms with van der Waals surface area (Å²) in [6.45, 7) is 18.2. The summed E-state index contributed by atoms with van der Waals surface area (Å²) < 4.78 is 0. The Bertz CT molecular complexity index is 1180. The molecule has 0 spiro atoms. The molecule has 7 nitrogen and oxygen atoms in total. The first-order valence-corrected chi connectivity index (χ1v) is 15.5. The second-order valence-corrected chi connectivity index (χ2v) is 12.5. The van der Waals surface area contributed by atoms with Crippen LogP contribution in [-0.4, -0.2) is 78.2 Å². The maximum absolute atomic E-state index is 13.6. The van der Waals surface area contributed by atoms with Gasteiger partial charge in [0.1, 0.15) is 6.23 Å². The number of fused-ring (bicyclic) bond motifs is 1. The van der Waals surface area contributed by atoms with Crippen molar-refractivity contribution in [2.45, 2.75) is 66.5 Å². The fourth-order valence-electron chi connectivity index (χ4n) is 7.22. The van der Waals surface area contributed by atoms with Crippen molar-refractivity contribution >= 4 is 11.6 Å². The van der Waals surface area contributed by atoms with Crippen molar-refractivity contribution in [3.8, 4) is 0 Å². The highest BCUT2D eigenvalue weighted by Gasteiger charge is 2.42. The molecule has 1 aromatic carbocycles. The largest absolute Gasteiger partial charge is 0.374 e. The van der Waals surface area contributed by atoms with Crippen LogP contribution in [0.1, 0.15) is 65.9 Å². The molecule has 0 bridgehead atoms. The topological polar surface area (TPSA) is 71.9 Å². The molecular weight excluding hydrogens is 498 g/mol. The minimum atomic E-state index is -0.578. The molecule has 2 aromatic rings. The lowest BCUT2D eigenvalue weighted by Crippen LogP contribution is -2.42. The number of nitrogens with zero attached hydrogens (tertiary/aromatic N) is 4. The van der Waals surface area contributed by atoms with Crippen molar-refractivity contribution in [3.63, 3.8) is 0 Å². The number of aromatic nitrogens is 1. The summed E-state index contributed by atoms with van der Waals surface area (Å²) in [6, 6.07) is 6.45. The lowest BCUT2D eigenvalue weighted by Gasteiger charge is -2.31. The smallest absolute Gasteiger partial charge is 0.230 e. The summed E-state index contributed by atoms with van der Waals surface area (Å²) in [7, 11) is 0. The lowest BCUT2D eigenvalue weighted by atomic mass is 9.96. The Hall–Kier alpha value is -2.32. The quantitative estimate of drug-likeness (QED) is 0.492. The number of hydrogen-bond acceptors (Lipinski definition) is 6. The maximum atomic E-state index is 13.6. The summed E-state index contributed by atoms with van der Waals surface area (Å²) in [4.78, 5) is 25.1. The molecule has 3 saturated heterocycles. The summed E-state index contributed by atoms with van der Waals surface area (Å²) in [6.07, 6.45) is 5.14. The number of amides is 1. The lowest BCUT2D eigenvalue weighted by molar-refractivity contribution is -0.123. The monoisotopic (exact) mass is 547 g/mol. The molecule has 3 fully saturated rings. The average Bonchev–Trinajstić information content (AvgIpc) is 3.52. The van der Waals surface area contributed by atoms with Crippen LogP contribution in [0.15, 0.2) is 24.4 Å². The molecule has 0 saturated carbocycles. The molecule has 3 aliphatic heterocycles. The number of benzene rings is 1. The molecule has 1 aromatic heterocycles. The number of likely N-dealkylation sites (tertiary alicyclic amines) is 2. The van der Waals surface area contributed by atoms with Crippen LogP contribution >= 0.6 is 0 Å². The minimum Gasteiger partial charge on any atom is -0.374 e. The fraction of sp³-hybridized carbons (Fsp3) is 0.636. The Labute approximate surface area is 241 Å². The number of aliphatic hydroxyl groups excluding tert-OH is 1. The highest BCUT2D eigenvalue weighted by atomic mass is 16.3. The first kappa shape index (κ1) is 29.2. The molecule has 218 valence electrons. The number of aryl methyl sites for hydroxylation is 4. The van der Waals surface area contributed by atoms with Gasteiger partial charge in [-0.15, -0.1) is 0 Å². The van der Waals surface area contributed by atoms with Crippen LogP contribution in [0, 0.1) is 45.4 Å². The number of hydrogen-bond donors (Lipinski definition) is 2.